The van der Waals surface area contributed by atoms with E-state index in [1.807, 2.05) is 19.1 Å². The third-order valence-corrected chi connectivity index (χ3v) is 2.50. The lowest BCUT2D eigenvalue weighted by molar-refractivity contribution is -0.147. The van der Waals surface area contributed by atoms with Crippen LogP contribution in [0.5, 0.6) is 11.5 Å². The molecule has 0 aromatic heterocycles. The van der Waals surface area contributed by atoms with E-state index in [9.17, 15) is 4.79 Å². The van der Waals surface area contributed by atoms with Crippen LogP contribution in [0.1, 0.15) is 12.5 Å². The quantitative estimate of drug-likeness (QED) is 0.812. The highest BCUT2D eigenvalue weighted by Gasteiger charge is 2.26. The number of nitrogens with two attached hydrogens (primary N) is 1. The minimum Gasteiger partial charge on any atom is -0.485 e. The molecule has 0 radical (unpaired) electrons. The van der Waals surface area contributed by atoms with Gasteiger partial charge in [-0.1, -0.05) is 6.07 Å². The van der Waals surface area contributed by atoms with Gasteiger partial charge in [0.05, 0.1) is 0 Å². The molecule has 0 bridgehead atoms. The Balaban J connectivity index is 2.16. The Morgan fingerprint density at radius 3 is 3.00 bits per heavy atom. The Kier molecular flexibility index (Phi) is 3.19. The molecule has 0 saturated heterocycles. The van der Waals surface area contributed by atoms with Crippen LogP contribution in [0.3, 0.4) is 0 Å². The Labute approximate surface area is 99.1 Å². The van der Waals surface area contributed by atoms with Gasteiger partial charge in [0.25, 0.3) is 0 Å². The molecule has 3 N–H and O–H groups in total. The first-order valence-electron chi connectivity index (χ1n) is 5.47. The fourth-order valence-corrected chi connectivity index (χ4v) is 1.74. The molecular formula is C12H15NO4. The minimum absolute atomic E-state index is 0.0317. The van der Waals surface area contributed by atoms with Crippen molar-refractivity contribution in [1.82, 2.24) is 0 Å². The molecule has 2 atom stereocenters. The molecule has 0 saturated carbocycles. The summed E-state index contributed by atoms with van der Waals surface area (Å²) in [4.78, 5) is 10.8. The third kappa shape index (κ3) is 2.68. The van der Waals surface area contributed by atoms with E-state index < -0.39 is 12.1 Å². The Bertz CT molecular complexity index is 431. The van der Waals surface area contributed by atoms with Gasteiger partial charge in [-0.3, -0.25) is 0 Å². The van der Waals surface area contributed by atoms with Gasteiger partial charge in [0.1, 0.15) is 6.61 Å². The van der Waals surface area contributed by atoms with Crippen molar-refractivity contribution in [2.45, 2.75) is 25.5 Å². The lowest BCUT2D eigenvalue weighted by atomic mass is 10.1. The number of aliphatic carboxylic acids is 1. The second kappa shape index (κ2) is 4.63. The van der Waals surface area contributed by atoms with E-state index in [0.29, 0.717) is 11.5 Å². The van der Waals surface area contributed by atoms with Crippen molar-refractivity contribution in [2.75, 3.05) is 6.61 Å². The van der Waals surface area contributed by atoms with Crippen molar-refractivity contribution in [1.29, 1.82) is 0 Å². The van der Waals surface area contributed by atoms with Gasteiger partial charge in [0.15, 0.2) is 11.5 Å². The van der Waals surface area contributed by atoms with Crippen LogP contribution < -0.4 is 15.2 Å². The van der Waals surface area contributed by atoms with Crippen molar-refractivity contribution in [3.05, 3.63) is 23.8 Å². The monoisotopic (exact) mass is 237 g/mol. The van der Waals surface area contributed by atoms with Crippen molar-refractivity contribution in [3.8, 4) is 11.5 Å². The Morgan fingerprint density at radius 1 is 1.59 bits per heavy atom. The largest absolute Gasteiger partial charge is 0.485 e. The average Bonchev–Trinajstić information content (AvgIpc) is 2.27. The maximum atomic E-state index is 10.8. The van der Waals surface area contributed by atoms with Gasteiger partial charge in [-0.05, 0) is 31.0 Å². The van der Waals surface area contributed by atoms with E-state index >= 15 is 0 Å². The molecule has 17 heavy (non-hydrogen) atoms. The molecule has 0 spiro atoms. The normalized spacial score (nSPS) is 19.8. The number of carboxylic acid groups (broad SMARTS) is 1. The molecule has 1 aromatic carbocycles. The Hall–Kier alpha value is -1.75. The topological polar surface area (TPSA) is 81.8 Å². The predicted octanol–water partition coefficient (Wildman–Crippen LogP) is 0.801. The zero-order valence-corrected chi connectivity index (χ0v) is 9.55. The molecule has 5 heteroatoms. The molecule has 92 valence electrons. The summed E-state index contributed by atoms with van der Waals surface area (Å²) in [5.41, 5.74) is 6.76. The number of benzene rings is 1. The van der Waals surface area contributed by atoms with Crippen LogP contribution in [0.2, 0.25) is 0 Å². The van der Waals surface area contributed by atoms with E-state index in [0.717, 1.165) is 12.0 Å². The summed E-state index contributed by atoms with van der Waals surface area (Å²) in [6.07, 6.45) is -0.180. The van der Waals surface area contributed by atoms with Gasteiger partial charge in [-0.2, -0.15) is 0 Å². The van der Waals surface area contributed by atoms with Crippen molar-refractivity contribution in [2.24, 2.45) is 5.73 Å². The van der Waals surface area contributed by atoms with E-state index in [-0.39, 0.29) is 12.6 Å². The molecule has 0 amide bonds. The van der Waals surface area contributed by atoms with Crippen LogP contribution >= 0.6 is 0 Å². The lowest BCUT2D eigenvalue weighted by Crippen LogP contribution is -2.36. The summed E-state index contributed by atoms with van der Waals surface area (Å²) >= 11 is 0. The van der Waals surface area contributed by atoms with E-state index in [1.165, 1.54) is 0 Å². The standard InChI is InChI=1S/C12H15NO4/c1-7(13)4-8-2-3-9-10(5-8)16-6-11(17-9)12(14)15/h2-3,5,7,11H,4,6,13H2,1H3,(H,14,15)/t7-,11-/m1/s1. The first-order valence-corrected chi connectivity index (χ1v) is 5.47. The molecule has 0 fully saturated rings. The molecular weight excluding hydrogens is 222 g/mol. The molecule has 0 aliphatic carbocycles. The lowest BCUT2D eigenvalue weighted by Gasteiger charge is -2.24. The second-order valence-electron chi connectivity index (χ2n) is 4.22. The summed E-state index contributed by atoms with van der Waals surface area (Å²) < 4.78 is 10.7. The SMILES string of the molecule is C[C@@H](N)Cc1ccc2c(c1)OC[C@H](C(=O)O)O2. The van der Waals surface area contributed by atoms with E-state index in [1.54, 1.807) is 6.07 Å². The highest BCUT2D eigenvalue weighted by atomic mass is 16.6. The predicted molar refractivity (Wildman–Crippen MR) is 61.3 cm³/mol. The summed E-state index contributed by atoms with van der Waals surface area (Å²) in [5.74, 6) is 0.0352. The number of ether oxygens (including phenoxy) is 2. The zero-order chi connectivity index (χ0) is 12.4. The summed E-state index contributed by atoms with van der Waals surface area (Å²) in [7, 11) is 0. The van der Waals surface area contributed by atoms with Crippen LogP contribution in [-0.2, 0) is 11.2 Å². The minimum atomic E-state index is -1.02. The van der Waals surface area contributed by atoms with Crippen LogP contribution in [-0.4, -0.2) is 29.8 Å². The molecule has 1 aliphatic heterocycles. The maximum absolute atomic E-state index is 10.8. The van der Waals surface area contributed by atoms with E-state index in [2.05, 4.69) is 0 Å². The van der Waals surface area contributed by atoms with E-state index in [4.69, 9.17) is 20.3 Å². The number of carboxylic acids is 1. The highest BCUT2D eigenvalue weighted by molar-refractivity contribution is 5.73. The molecule has 1 heterocycles. The van der Waals surface area contributed by atoms with Gasteiger partial charge in [-0.25, -0.2) is 4.79 Å². The molecule has 2 rings (SSSR count). The average molecular weight is 237 g/mol. The number of hydrogen-bond donors (Lipinski definition) is 2. The number of hydrogen-bond acceptors (Lipinski definition) is 4. The van der Waals surface area contributed by atoms with Gasteiger partial charge < -0.3 is 20.3 Å². The number of fused-ring (bicyclic) bond motifs is 1. The smallest absolute Gasteiger partial charge is 0.348 e. The summed E-state index contributed by atoms with van der Waals surface area (Å²) in [5, 5.41) is 8.82. The van der Waals surface area contributed by atoms with Crippen molar-refractivity contribution in [3.63, 3.8) is 0 Å². The van der Waals surface area contributed by atoms with Crippen molar-refractivity contribution >= 4 is 5.97 Å². The van der Waals surface area contributed by atoms with Crippen LogP contribution in [0.25, 0.3) is 0 Å². The van der Waals surface area contributed by atoms with Gasteiger partial charge >= 0.3 is 5.97 Å². The van der Waals surface area contributed by atoms with Crippen molar-refractivity contribution < 1.29 is 19.4 Å². The first kappa shape index (κ1) is 11.7. The first-order chi connectivity index (χ1) is 8.06. The maximum Gasteiger partial charge on any atom is 0.348 e. The van der Waals surface area contributed by atoms with Gasteiger partial charge in [0.2, 0.25) is 6.10 Å². The third-order valence-electron chi connectivity index (χ3n) is 2.50. The molecule has 0 unspecified atom stereocenters. The second-order valence-corrected chi connectivity index (χ2v) is 4.22. The highest BCUT2D eigenvalue weighted by Crippen LogP contribution is 2.32. The summed E-state index contributed by atoms with van der Waals surface area (Å²) in [6.45, 7) is 1.96. The van der Waals surface area contributed by atoms with Crippen LogP contribution in [0, 0.1) is 0 Å². The molecule has 1 aromatic rings. The molecule has 1 aliphatic rings. The fraction of sp³-hybridized carbons (Fsp3) is 0.417. The van der Waals surface area contributed by atoms with Gasteiger partial charge in [0, 0.05) is 6.04 Å². The number of rotatable bonds is 3. The van der Waals surface area contributed by atoms with Gasteiger partial charge in [-0.15, -0.1) is 0 Å². The number of carbonyl (C=O) groups is 1. The van der Waals surface area contributed by atoms with Crippen LogP contribution in [0.15, 0.2) is 18.2 Å². The zero-order valence-electron chi connectivity index (χ0n) is 9.55. The van der Waals surface area contributed by atoms with Crippen LogP contribution in [0.4, 0.5) is 0 Å². The molecule has 5 nitrogen and oxygen atoms in total. The fourth-order valence-electron chi connectivity index (χ4n) is 1.74. The Morgan fingerprint density at radius 2 is 2.35 bits per heavy atom. The summed E-state index contributed by atoms with van der Waals surface area (Å²) in [6, 6.07) is 5.51.